The van der Waals surface area contributed by atoms with Crippen LogP contribution in [0.3, 0.4) is 0 Å². The standard InChI is InChI=1S/C15H26N2O5/c1-10(16-13(20)22-14(2,3)4)11(18)17-15(12(19)21-5)8-6-7-9-15/h10H,6-9H2,1-5H3,(H,16,20)(H,17,18). The molecule has 0 saturated heterocycles. The number of hydrogen-bond acceptors (Lipinski definition) is 5. The molecule has 1 saturated carbocycles. The number of nitrogens with one attached hydrogen (secondary N) is 2. The molecule has 1 rings (SSSR count). The lowest BCUT2D eigenvalue weighted by Gasteiger charge is -2.29. The van der Waals surface area contributed by atoms with Crippen molar-refractivity contribution in [1.29, 1.82) is 0 Å². The van der Waals surface area contributed by atoms with E-state index in [1.165, 1.54) is 7.11 Å². The summed E-state index contributed by atoms with van der Waals surface area (Å²) >= 11 is 0. The second-order valence-electron chi connectivity index (χ2n) is 6.64. The van der Waals surface area contributed by atoms with Crippen LogP contribution in [0.5, 0.6) is 0 Å². The monoisotopic (exact) mass is 314 g/mol. The molecule has 126 valence electrons. The average molecular weight is 314 g/mol. The van der Waals surface area contributed by atoms with Gasteiger partial charge in [-0.25, -0.2) is 9.59 Å². The number of esters is 1. The molecular formula is C15H26N2O5. The van der Waals surface area contributed by atoms with E-state index in [0.717, 1.165) is 12.8 Å². The van der Waals surface area contributed by atoms with Crippen LogP contribution in [-0.2, 0) is 19.1 Å². The summed E-state index contributed by atoms with van der Waals surface area (Å²) in [6, 6.07) is -0.808. The van der Waals surface area contributed by atoms with Crippen molar-refractivity contribution in [2.75, 3.05) is 7.11 Å². The number of methoxy groups -OCH3 is 1. The first-order valence-corrected chi connectivity index (χ1v) is 7.49. The second-order valence-corrected chi connectivity index (χ2v) is 6.64. The minimum absolute atomic E-state index is 0.432. The molecule has 1 aliphatic rings. The molecule has 7 nitrogen and oxygen atoms in total. The van der Waals surface area contributed by atoms with E-state index in [-0.39, 0.29) is 0 Å². The summed E-state index contributed by atoms with van der Waals surface area (Å²) in [5, 5.41) is 5.19. The van der Waals surface area contributed by atoms with Gasteiger partial charge in [0.2, 0.25) is 5.91 Å². The van der Waals surface area contributed by atoms with Gasteiger partial charge in [-0.3, -0.25) is 4.79 Å². The molecule has 0 spiro atoms. The zero-order valence-corrected chi connectivity index (χ0v) is 13.9. The highest BCUT2D eigenvalue weighted by atomic mass is 16.6. The first-order chi connectivity index (χ1) is 10.1. The van der Waals surface area contributed by atoms with Gasteiger partial charge in [0.25, 0.3) is 0 Å². The van der Waals surface area contributed by atoms with Gasteiger partial charge in [-0.15, -0.1) is 0 Å². The van der Waals surface area contributed by atoms with Crippen molar-refractivity contribution >= 4 is 18.0 Å². The van der Waals surface area contributed by atoms with Gasteiger partial charge in [-0.2, -0.15) is 0 Å². The van der Waals surface area contributed by atoms with E-state index in [1.807, 2.05) is 0 Å². The summed E-state index contributed by atoms with van der Waals surface area (Å²) in [5.41, 5.74) is -1.62. The molecular weight excluding hydrogens is 288 g/mol. The SMILES string of the molecule is COC(=O)C1(NC(=O)C(C)NC(=O)OC(C)(C)C)CCCC1. The van der Waals surface area contributed by atoms with Crippen LogP contribution in [0.4, 0.5) is 4.79 Å². The summed E-state index contributed by atoms with van der Waals surface area (Å²) in [5.74, 6) is -0.874. The molecule has 1 atom stereocenters. The Balaban J connectivity index is 2.63. The third-order valence-corrected chi connectivity index (χ3v) is 3.52. The second kappa shape index (κ2) is 6.98. The Morgan fingerprint density at radius 2 is 1.68 bits per heavy atom. The fourth-order valence-corrected chi connectivity index (χ4v) is 2.45. The fraction of sp³-hybridized carbons (Fsp3) is 0.800. The zero-order chi connectivity index (χ0) is 17.0. The maximum atomic E-state index is 12.2. The van der Waals surface area contributed by atoms with Gasteiger partial charge >= 0.3 is 12.1 Å². The molecule has 0 aromatic carbocycles. The van der Waals surface area contributed by atoms with Crippen molar-refractivity contribution in [3.8, 4) is 0 Å². The van der Waals surface area contributed by atoms with E-state index in [9.17, 15) is 14.4 Å². The molecule has 2 N–H and O–H groups in total. The summed E-state index contributed by atoms with van der Waals surface area (Å²) in [6.45, 7) is 6.76. The highest BCUT2D eigenvalue weighted by Crippen LogP contribution is 2.30. The predicted molar refractivity (Wildman–Crippen MR) is 80.2 cm³/mol. The Labute approximate surface area is 131 Å². The Bertz CT molecular complexity index is 436. The van der Waals surface area contributed by atoms with Crippen molar-refractivity contribution in [1.82, 2.24) is 10.6 Å². The number of ether oxygens (including phenoxy) is 2. The molecule has 0 aromatic heterocycles. The van der Waals surface area contributed by atoms with E-state index < -0.39 is 35.2 Å². The van der Waals surface area contributed by atoms with Crippen molar-refractivity contribution in [3.63, 3.8) is 0 Å². The van der Waals surface area contributed by atoms with Gasteiger partial charge in [0.15, 0.2) is 0 Å². The molecule has 2 amide bonds. The van der Waals surface area contributed by atoms with Gasteiger partial charge in [0.1, 0.15) is 17.2 Å². The van der Waals surface area contributed by atoms with Crippen LogP contribution in [0.15, 0.2) is 0 Å². The minimum Gasteiger partial charge on any atom is -0.467 e. The lowest BCUT2D eigenvalue weighted by Crippen LogP contribution is -2.58. The van der Waals surface area contributed by atoms with Gasteiger partial charge in [-0.05, 0) is 40.5 Å². The number of carbonyl (C=O) groups is 3. The number of hydrogen-bond donors (Lipinski definition) is 2. The predicted octanol–water partition coefficient (Wildman–Crippen LogP) is 1.50. The van der Waals surface area contributed by atoms with Crippen LogP contribution in [0.2, 0.25) is 0 Å². The molecule has 1 fully saturated rings. The third kappa shape index (κ3) is 4.89. The highest BCUT2D eigenvalue weighted by molar-refractivity contribution is 5.91. The van der Waals surface area contributed by atoms with Crippen LogP contribution in [0.1, 0.15) is 53.4 Å². The van der Waals surface area contributed by atoms with Gasteiger partial charge < -0.3 is 20.1 Å². The topological polar surface area (TPSA) is 93.7 Å². The Morgan fingerprint density at radius 1 is 1.14 bits per heavy atom. The summed E-state index contributed by atoms with van der Waals surface area (Å²) in [4.78, 5) is 35.9. The average Bonchev–Trinajstić information content (AvgIpc) is 2.84. The van der Waals surface area contributed by atoms with Crippen LogP contribution >= 0.6 is 0 Å². The first-order valence-electron chi connectivity index (χ1n) is 7.49. The third-order valence-electron chi connectivity index (χ3n) is 3.52. The van der Waals surface area contributed by atoms with E-state index in [4.69, 9.17) is 9.47 Å². The van der Waals surface area contributed by atoms with Crippen molar-refractivity contribution in [2.45, 2.75) is 70.6 Å². The Hall–Kier alpha value is -1.79. The molecule has 0 radical (unpaired) electrons. The minimum atomic E-state index is -0.976. The quantitative estimate of drug-likeness (QED) is 0.767. The maximum absolute atomic E-state index is 12.2. The Morgan fingerprint density at radius 3 is 2.14 bits per heavy atom. The lowest BCUT2D eigenvalue weighted by molar-refractivity contribution is -0.151. The van der Waals surface area contributed by atoms with E-state index in [1.54, 1.807) is 27.7 Å². The molecule has 0 aromatic rings. The zero-order valence-electron chi connectivity index (χ0n) is 13.9. The molecule has 0 bridgehead atoms. The number of amides is 2. The van der Waals surface area contributed by atoms with Crippen molar-refractivity contribution < 1.29 is 23.9 Å². The van der Waals surface area contributed by atoms with Crippen LogP contribution in [0, 0.1) is 0 Å². The lowest BCUT2D eigenvalue weighted by atomic mass is 9.97. The van der Waals surface area contributed by atoms with E-state index >= 15 is 0 Å². The number of carbonyl (C=O) groups excluding carboxylic acids is 3. The molecule has 1 aliphatic carbocycles. The van der Waals surface area contributed by atoms with Gasteiger partial charge in [0, 0.05) is 0 Å². The van der Waals surface area contributed by atoms with Crippen molar-refractivity contribution in [2.24, 2.45) is 0 Å². The summed E-state index contributed by atoms with van der Waals surface area (Å²) in [7, 11) is 1.30. The molecule has 7 heteroatoms. The van der Waals surface area contributed by atoms with Crippen LogP contribution in [0.25, 0.3) is 0 Å². The number of rotatable bonds is 4. The van der Waals surface area contributed by atoms with Gasteiger partial charge in [-0.1, -0.05) is 12.8 Å². The molecule has 22 heavy (non-hydrogen) atoms. The largest absolute Gasteiger partial charge is 0.467 e. The maximum Gasteiger partial charge on any atom is 0.408 e. The smallest absolute Gasteiger partial charge is 0.408 e. The fourth-order valence-electron chi connectivity index (χ4n) is 2.45. The van der Waals surface area contributed by atoms with Gasteiger partial charge in [0.05, 0.1) is 7.11 Å². The molecule has 1 unspecified atom stereocenters. The van der Waals surface area contributed by atoms with Crippen LogP contribution < -0.4 is 10.6 Å². The highest BCUT2D eigenvalue weighted by Gasteiger charge is 2.44. The molecule has 0 heterocycles. The summed E-state index contributed by atoms with van der Waals surface area (Å²) in [6.07, 6.45) is 2.12. The molecule has 0 aliphatic heterocycles. The van der Waals surface area contributed by atoms with E-state index in [0.29, 0.717) is 12.8 Å². The van der Waals surface area contributed by atoms with Crippen molar-refractivity contribution in [3.05, 3.63) is 0 Å². The first kappa shape index (κ1) is 18.3. The number of alkyl carbamates (subject to hydrolysis) is 1. The summed E-state index contributed by atoms with van der Waals surface area (Å²) < 4.78 is 9.90. The Kier molecular flexibility index (Phi) is 5.79. The van der Waals surface area contributed by atoms with E-state index in [2.05, 4.69) is 10.6 Å². The van der Waals surface area contributed by atoms with Crippen LogP contribution in [-0.4, -0.2) is 42.3 Å². The normalized spacial score (nSPS) is 18.2.